The van der Waals surface area contributed by atoms with E-state index in [9.17, 15) is 31.1 Å². The number of rotatable bonds is 8. The molecule has 0 aromatic carbocycles. The van der Waals surface area contributed by atoms with E-state index in [0.717, 1.165) is 12.1 Å². The zero-order chi connectivity index (χ0) is 43.5. The van der Waals surface area contributed by atoms with Gasteiger partial charge in [0.25, 0.3) is 0 Å². The molecule has 0 bridgehead atoms. The van der Waals surface area contributed by atoms with E-state index < -0.39 is 23.7 Å². The van der Waals surface area contributed by atoms with Crippen LogP contribution in [0, 0.1) is 5.41 Å². The fourth-order valence-electron chi connectivity index (χ4n) is 5.70. The van der Waals surface area contributed by atoms with Crippen LogP contribution in [0.4, 0.5) is 55.2 Å². The molecular weight excluding hydrogens is 872 g/mol. The molecule has 0 aliphatic heterocycles. The van der Waals surface area contributed by atoms with Gasteiger partial charge in [0, 0.05) is 48.6 Å². The Morgan fingerprint density at radius 3 is 1.61 bits per heavy atom. The topological polar surface area (TPSA) is 165 Å². The van der Waals surface area contributed by atoms with Crippen molar-refractivity contribution in [1.82, 2.24) is 49.1 Å². The van der Waals surface area contributed by atoms with Gasteiger partial charge in [-0.05, 0) is 88.1 Å². The first-order chi connectivity index (χ1) is 28.9. The molecule has 0 fully saturated rings. The summed E-state index contributed by atoms with van der Waals surface area (Å²) >= 11 is 3.29. The van der Waals surface area contributed by atoms with E-state index in [0.29, 0.717) is 50.9 Å². The van der Waals surface area contributed by atoms with Crippen LogP contribution in [0.5, 0.6) is 0 Å². The molecule has 8 rings (SSSR count). The lowest BCUT2D eigenvalue weighted by Gasteiger charge is -2.17. The summed E-state index contributed by atoms with van der Waals surface area (Å²) in [5, 5.41) is 17.6. The maximum Gasteiger partial charge on any atom is 0.433 e. The number of anilines is 5. The zero-order valence-corrected chi connectivity index (χ0v) is 33.7. The number of amides is 1. The molecule has 0 spiro atoms. The Morgan fingerprint density at radius 2 is 1.13 bits per heavy atom. The summed E-state index contributed by atoms with van der Waals surface area (Å²) in [7, 11) is 0. The first-order valence-electron chi connectivity index (χ1n) is 18.1. The summed E-state index contributed by atoms with van der Waals surface area (Å²) in [5.41, 5.74) is 0.369. The van der Waals surface area contributed by atoms with Gasteiger partial charge < -0.3 is 16.0 Å². The van der Waals surface area contributed by atoms with E-state index >= 15 is 0 Å². The number of halogens is 7. The van der Waals surface area contributed by atoms with Crippen molar-refractivity contribution in [3.8, 4) is 23.0 Å². The van der Waals surface area contributed by atoms with Crippen molar-refractivity contribution in [3.63, 3.8) is 0 Å². The first kappa shape index (κ1) is 42.1. The van der Waals surface area contributed by atoms with E-state index in [1.165, 1.54) is 39.5 Å². The molecule has 61 heavy (non-hydrogen) atoms. The van der Waals surface area contributed by atoms with E-state index in [2.05, 4.69) is 72.0 Å². The number of pyridine rings is 4. The Kier molecular flexibility index (Phi) is 11.7. The Balaban J connectivity index is 0.000000189. The Bertz CT molecular complexity index is 2850. The van der Waals surface area contributed by atoms with E-state index in [4.69, 9.17) is 0 Å². The van der Waals surface area contributed by atoms with Gasteiger partial charge in [0.15, 0.2) is 11.6 Å². The van der Waals surface area contributed by atoms with Crippen LogP contribution < -0.4 is 16.0 Å². The lowest BCUT2D eigenvalue weighted by atomic mass is 9.92. The number of fused-ring (bicyclic) bond motifs is 2. The lowest BCUT2D eigenvalue weighted by Crippen LogP contribution is -2.20. The van der Waals surface area contributed by atoms with Crippen molar-refractivity contribution in [3.05, 3.63) is 126 Å². The third-order valence-corrected chi connectivity index (χ3v) is 8.72. The van der Waals surface area contributed by atoms with Gasteiger partial charge in [0.1, 0.15) is 44.2 Å². The largest absolute Gasteiger partial charge is 0.433 e. The quantitative estimate of drug-likeness (QED) is 0.0982. The number of carbonyl (C=O) groups is 1. The van der Waals surface area contributed by atoms with Crippen LogP contribution in [-0.2, 0) is 17.1 Å². The summed E-state index contributed by atoms with van der Waals surface area (Å²) in [4.78, 5) is 36.6. The van der Waals surface area contributed by atoms with Gasteiger partial charge >= 0.3 is 12.4 Å². The fourth-order valence-corrected chi connectivity index (χ4v) is 6.07. The van der Waals surface area contributed by atoms with Crippen molar-refractivity contribution in [2.75, 3.05) is 16.0 Å². The van der Waals surface area contributed by atoms with Crippen molar-refractivity contribution in [2.45, 2.75) is 39.5 Å². The Hall–Kier alpha value is -7.03. The van der Waals surface area contributed by atoms with Gasteiger partial charge in [0.2, 0.25) is 17.6 Å². The predicted octanol–water partition coefficient (Wildman–Crippen LogP) is 10.0. The highest BCUT2D eigenvalue weighted by Gasteiger charge is 2.34. The molecule has 312 valence electrons. The van der Waals surface area contributed by atoms with Crippen molar-refractivity contribution in [2.24, 2.45) is 5.41 Å². The van der Waals surface area contributed by atoms with Crippen LogP contribution >= 0.6 is 15.9 Å². The highest BCUT2D eigenvalue weighted by atomic mass is 79.9. The third kappa shape index (κ3) is 10.6. The monoisotopic (exact) mass is 903 g/mol. The van der Waals surface area contributed by atoms with E-state index in [1.54, 1.807) is 67.1 Å². The Morgan fingerprint density at radius 1 is 0.639 bits per heavy atom. The molecule has 0 unspecified atom stereocenters. The molecule has 8 aromatic rings. The molecular formula is C40H32BrF6N13O. The molecule has 8 heterocycles. The molecule has 0 saturated carbocycles. The first-order valence-corrected chi connectivity index (χ1v) is 18.9. The average molecular weight is 905 g/mol. The summed E-state index contributed by atoms with van der Waals surface area (Å²) in [6.45, 7) is 5.89. The number of nitrogens with zero attached hydrogens (tertiary/aromatic N) is 10. The molecule has 0 aliphatic rings. The number of carbonyl (C=O) groups excluding carboxylic acids is 1. The fraction of sp³-hybridized carbons (Fsp3) is 0.175. The molecule has 0 saturated heterocycles. The minimum Gasteiger partial charge on any atom is -0.338 e. The van der Waals surface area contributed by atoms with Gasteiger partial charge in [-0.25, -0.2) is 38.9 Å². The molecule has 0 radical (unpaired) electrons. The molecule has 14 nitrogen and oxygen atoms in total. The smallest absolute Gasteiger partial charge is 0.338 e. The second-order valence-corrected chi connectivity index (χ2v) is 15.2. The standard InChI is InChI=1S/C23H22F3N7O.C17H10BrF3N6/c1-22(2,3)13-19(34)30-18-12-14(9-10-27-18)28-21-16-7-5-11-33(16)32-20(31-21)15-6-4-8-17(29-15)23(24,25)26;18-14-9-10(6-7-22-14)23-16-12-4-2-8-27(12)26-15(25-16)11-3-1-5-13(24-11)17(19,20)21/h4-12H,13H2,1-3H3,(H2,27,28,30,31,32,34);1-9H,(H,22,23,25,26). The summed E-state index contributed by atoms with van der Waals surface area (Å²) in [6.07, 6.45) is -2.32. The molecule has 0 atom stereocenters. The van der Waals surface area contributed by atoms with Crippen LogP contribution in [0.25, 0.3) is 34.1 Å². The molecule has 0 aliphatic carbocycles. The van der Waals surface area contributed by atoms with Crippen molar-refractivity contribution < 1.29 is 31.1 Å². The summed E-state index contributed by atoms with van der Waals surface area (Å²) < 4.78 is 81.9. The molecule has 8 aromatic heterocycles. The van der Waals surface area contributed by atoms with E-state index in [1.807, 2.05) is 20.8 Å². The molecule has 21 heteroatoms. The number of nitrogens with one attached hydrogen (secondary N) is 3. The average Bonchev–Trinajstić information content (AvgIpc) is 3.88. The second-order valence-electron chi connectivity index (χ2n) is 14.4. The van der Waals surface area contributed by atoms with Gasteiger partial charge in [-0.1, -0.05) is 32.9 Å². The predicted molar refractivity (Wildman–Crippen MR) is 218 cm³/mol. The van der Waals surface area contributed by atoms with Crippen molar-refractivity contribution >= 4 is 61.7 Å². The van der Waals surface area contributed by atoms with Crippen LogP contribution in [-0.4, -0.2) is 55.0 Å². The number of hydrogen-bond donors (Lipinski definition) is 3. The van der Waals surface area contributed by atoms with Crippen LogP contribution in [0.3, 0.4) is 0 Å². The van der Waals surface area contributed by atoms with Crippen LogP contribution in [0.2, 0.25) is 0 Å². The minimum atomic E-state index is -4.58. The maximum absolute atomic E-state index is 13.1. The number of aromatic nitrogens is 10. The normalized spacial score (nSPS) is 11.9. The lowest BCUT2D eigenvalue weighted by molar-refractivity contribution is -0.141. The van der Waals surface area contributed by atoms with Gasteiger partial charge in [-0.15, -0.1) is 10.2 Å². The van der Waals surface area contributed by atoms with Crippen molar-refractivity contribution in [1.29, 1.82) is 0 Å². The van der Waals surface area contributed by atoms with Gasteiger partial charge in [0.05, 0.1) is 0 Å². The highest BCUT2D eigenvalue weighted by molar-refractivity contribution is 9.10. The maximum atomic E-state index is 13.1. The molecule has 1 amide bonds. The van der Waals surface area contributed by atoms with Gasteiger partial charge in [-0.2, -0.15) is 26.3 Å². The number of hydrogen-bond acceptors (Lipinski definition) is 11. The van der Waals surface area contributed by atoms with Crippen LogP contribution in [0.15, 0.2) is 114 Å². The second kappa shape index (κ2) is 16.9. The number of alkyl halides is 6. The summed E-state index contributed by atoms with van der Waals surface area (Å²) in [6, 6.07) is 21.1. The summed E-state index contributed by atoms with van der Waals surface area (Å²) in [5.74, 6) is 1.07. The SMILES string of the molecule is CC(C)(C)CC(=O)Nc1cc(Nc2nc(-c3cccc(C(F)(F)F)n3)nn3cccc23)ccn1.FC(F)(F)c1cccc(-c2nc(Nc3ccnc(Br)c3)c3cccn3n2)n1. The molecule has 3 N–H and O–H groups in total. The zero-order valence-electron chi connectivity index (χ0n) is 32.1. The van der Waals surface area contributed by atoms with E-state index in [-0.39, 0.29) is 34.4 Å². The third-order valence-electron chi connectivity index (χ3n) is 8.29. The highest BCUT2D eigenvalue weighted by Crippen LogP contribution is 2.32. The van der Waals surface area contributed by atoms with Crippen LogP contribution in [0.1, 0.15) is 38.6 Å². The van der Waals surface area contributed by atoms with Gasteiger partial charge in [-0.3, -0.25) is 4.79 Å². The Labute approximate surface area is 350 Å². The minimum absolute atomic E-state index is 0.0154.